The second kappa shape index (κ2) is 15.6. The molecule has 200 valence electrons. The second-order valence-electron chi connectivity index (χ2n) is 8.81. The molecule has 2 nitrogen and oxygen atoms in total. The van der Waals surface area contributed by atoms with Crippen LogP contribution in [0.15, 0.2) is 145 Å². The molecule has 1 aliphatic rings. The fraction of sp³-hybridized carbons (Fsp3) is 0.158. The van der Waals surface area contributed by atoms with Crippen molar-refractivity contribution in [3.05, 3.63) is 156 Å². The van der Waals surface area contributed by atoms with E-state index in [0.29, 0.717) is 0 Å². The summed E-state index contributed by atoms with van der Waals surface area (Å²) in [5, 5.41) is 0. The Kier molecular flexibility index (Phi) is 11.6. The van der Waals surface area contributed by atoms with Crippen LogP contribution in [0.25, 0.3) is 33.7 Å². The zero-order valence-electron chi connectivity index (χ0n) is 24.3. The molecule has 0 amide bonds. The smallest absolute Gasteiger partial charge is 0.156 e. The molecule has 0 N–H and O–H groups in total. The molecule has 2 heteroatoms. The van der Waals surface area contributed by atoms with Gasteiger partial charge in [-0.25, -0.2) is 9.97 Å². The quantitative estimate of drug-likeness (QED) is 0.228. The second-order valence-corrected chi connectivity index (χ2v) is 8.81. The summed E-state index contributed by atoms with van der Waals surface area (Å²) in [6.07, 6.45) is 18.5. The summed E-state index contributed by atoms with van der Waals surface area (Å²) in [5.74, 6) is 0.760. The molecular formula is C38H38N2. The first kappa shape index (κ1) is 29.8. The number of aromatic nitrogens is 2. The summed E-state index contributed by atoms with van der Waals surface area (Å²) in [7, 11) is 0. The maximum absolute atomic E-state index is 4.99. The van der Waals surface area contributed by atoms with Gasteiger partial charge in [0.2, 0.25) is 0 Å². The number of rotatable bonds is 7. The van der Waals surface area contributed by atoms with Gasteiger partial charge in [0.05, 0.1) is 11.4 Å². The molecule has 0 spiro atoms. The minimum atomic E-state index is 0.760. The summed E-state index contributed by atoms with van der Waals surface area (Å²) in [6.45, 7) is 14.1. The molecule has 2 aromatic carbocycles. The first-order valence-corrected chi connectivity index (χ1v) is 13.9. The van der Waals surface area contributed by atoms with Crippen molar-refractivity contribution in [3.63, 3.8) is 0 Å². The van der Waals surface area contributed by atoms with Crippen molar-refractivity contribution >= 4 is 11.1 Å². The van der Waals surface area contributed by atoms with Crippen molar-refractivity contribution in [1.29, 1.82) is 0 Å². The average Bonchev–Trinajstić information content (AvgIpc) is 3.27. The molecule has 0 fully saturated rings. The van der Waals surface area contributed by atoms with E-state index in [4.69, 9.17) is 9.97 Å². The predicted molar refractivity (Wildman–Crippen MR) is 174 cm³/mol. The minimum absolute atomic E-state index is 0.760. The van der Waals surface area contributed by atoms with E-state index in [9.17, 15) is 0 Å². The van der Waals surface area contributed by atoms with Crippen LogP contribution >= 0.6 is 0 Å². The molecule has 0 aliphatic heterocycles. The number of benzene rings is 2. The maximum Gasteiger partial charge on any atom is 0.156 e. The van der Waals surface area contributed by atoms with Gasteiger partial charge in [0.25, 0.3) is 0 Å². The van der Waals surface area contributed by atoms with E-state index < -0.39 is 0 Å². The Hall–Kier alpha value is -4.74. The molecule has 3 aromatic rings. The van der Waals surface area contributed by atoms with Gasteiger partial charge in [0.1, 0.15) is 0 Å². The van der Waals surface area contributed by atoms with Gasteiger partial charge in [0, 0.05) is 16.7 Å². The topological polar surface area (TPSA) is 25.8 Å². The fourth-order valence-corrected chi connectivity index (χ4v) is 4.20. The Labute approximate surface area is 240 Å². The van der Waals surface area contributed by atoms with Crippen LogP contribution in [0, 0.1) is 0 Å². The lowest BCUT2D eigenvalue weighted by Crippen LogP contribution is -1.99. The van der Waals surface area contributed by atoms with Gasteiger partial charge in [0.15, 0.2) is 5.82 Å². The van der Waals surface area contributed by atoms with Crippen LogP contribution in [-0.4, -0.2) is 9.97 Å². The molecular weight excluding hydrogens is 484 g/mol. The monoisotopic (exact) mass is 522 g/mol. The highest BCUT2D eigenvalue weighted by atomic mass is 14.9. The molecule has 1 heterocycles. The SMILES string of the molecule is C=CC=C=C1C=C=CC=C/C1=C(/C)c1ccc(-c2cc(-c3ccccc3)nc(/C(=C/C=C\C)CC)n2)cc1.CC. The Balaban J connectivity index is 0.00000216. The standard InChI is InChI=1S/C36H32N2.C2H6/c1-5-8-16-28(7-3)36-37-34(31-19-13-10-14-20-31)26-35(38-36)32-24-22-29(23-25-32)27(4)33-21-15-11-12-18-30(33)17-9-6-2;1-2/h5-6,8-11,13-16,18-26H,2,7H2,1,3-4H3;1-2H3/b8-5-,28-16+,33-27+;. The van der Waals surface area contributed by atoms with Gasteiger partial charge < -0.3 is 0 Å². The molecule has 1 aromatic heterocycles. The molecule has 0 saturated heterocycles. The van der Waals surface area contributed by atoms with E-state index >= 15 is 0 Å². The Bertz CT molecular complexity index is 1560. The molecule has 40 heavy (non-hydrogen) atoms. The van der Waals surface area contributed by atoms with Crippen LogP contribution in [-0.2, 0) is 0 Å². The molecule has 0 bridgehead atoms. The van der Waals surface area contributed by atoms with Gasteiger partial charge in [-0.3, -0.25) is 0 Å². The van der Waals surface area contributed by atoms with Gasteiger partial charge in [-0.2, -0.15) is 0 Å². The lowest BCUT2D eigenvalue weighted by Gasteiger charge is -2.12. The van der Waals surface area contributed by atoms with E-state index in [1.807, 2.05) is 75.4 Å². The Morgan fingerprint density at radius 3 is 2.27 bits per heavy atom. The Morgan fingerprint density at radius 1 is 0.975 bits per heavy atom. The third kappa shape index (κ3) is 7.65. The van der Waals surface area contributed by atoms with Gasteiger partial charge in [-0.05, 0) is 66.8 Å². The molecule has 4 rings (SSSR count). The Morgan fingerprint density at radius 2 is 1.65 bits per heavy atom. The van der Waals surface area contributed by atoms with Crippen molar-refractivity contribution in [3.8, 4) is 22.5 Å². The molecule has 0 radical (unpaired) electrons. The normalized spacial score (nSPS) is 13.8. The summed E-state index contributed by atoms with van der Waals surface area (Å²) >= 11 is 0. The van der Waals surface area contributed by atoms with E-state index in [-0.39, 0.29) is 0 Å². The molecule has 0 saturated carbocycles. The zero-order chi connectivity index (χ0) is 28.7. The molecule has 0 atom stereocenters. The first-order valence-electron chi connectivity index (χ1n) is 13.9. The van der Waals surface area contributed by atoms with Crippen LogP contribution in [0.1, 0.15) is 52.4 Å². The summed E-state index contributed by atoms with van der Waals surface area (Å²) in [6, 6.07) is 20.9. The van der Waals surface area contributed by atoms with Crippen molar-refractivity contribution in [2.24, 2.45) is 0 Å². The van der Waals surface area contributed by atoms with E-state index in [2.05, 4.69) is 86.5 Å². The summed E-state index contributed by atoms with van der Waals surface area (Å²) in [5.41, 5.74) is 15.9. The van der Waals surface area contributed by atoms with Gasteiger partial charge in [-0.1, -0.05) is 118 Å². The van der Waals surface area contributed by atoms with Crippen LogP contribution in [0.4, 0.5) is 0 Å². The lowest BCUT2D eigenvalue weighted by atomic mass is 9.94. The van der Waals surface area contributed by atoms with Gasteiger partial charge >= 0.3 is 0 Å². The first-order chi connectivity index (χ1) is 19.6. The largest absolute Gasteiger partial charge is 0.228 e. The number of hydrogen-bond donors (Lipinski definition) is 0. The summed E-state index contributed by atoms with van der Waals surface area (Å²) in [4.78, 5) is 9.94. The molecule has 1 aliphatic carbocycles. The van der Waals surface area contributed by atoms with Gasteiger partial charge in [-0.15, -0.1) is 11.5 Å². The third-order valence-electron chi connectivity index (χ3n) is 6.30. The summed E-state index contributed by atoms with van der Waals surface area (Å²) < 4.78 is 0. The zero-order valence-corrected chi connectivity index (χ0v) is 24.3. The van der Waals surface area contributed by atoms with Crippen LogP contribution in [0.3, 0.4) is 0 Å². The number of allylic oxidation sites excluding steroid dienone is 11. The van der Waals surface area contributed by atoms with E-state index in [1.165, 1.54) is 0 Å². The van der Waals surface area contributed by atoms with E-state index in [1.54, 1.807) is 6.08 Å². The highest BCUT2D eigenvalue weighted by Crippen LogP contribution is 2.30. The fourth-order valence-electron chi connectivity index (χ4n) is 4.20. The number of hydrogen-bond acceptors (Lipinski definition) is 2. The highest BCUT2D eigenvalue weighted by Gasteiger charge is 2.12. The highest BCUT2D eigenvalue weighted by molar-refractivity contribution is 5.78. The number of nitrogens with zero attached hydrogens (tertiary/aromatic N) is 2. The van der Waals surface area contributed by atoms with Crippen molar-refractivity contribution in [2.45, 2.75) is 41.0 Å². The van der Waals surface area contributed by atoms with Crippen molar-refractivity contribution < 1.29 is 0 Å². The van der Waals surface area contributed by atoms with Crippen LogP contribution in [0.2, 0.25) is 0 Å². The van der Waals surface area contributed by atoms with E-state index in [0.717, 1.165) is 62.6 Å². The third-order valence-corrected chi connectivity index (χ3v) is 6.30. The predicted octanol–water partition coefficient (Wildman–Crippen LogP) is 10.5. The maximum atomic E-state index is 4.99. The van der Waals surface area contributed by atoms with Crippen LogP contribution < -0.4 is 0 Å². The lowest BCUT2D eigenvalue weighted by molar-refractivity contribution is 1.08. The molecule has 0 unspecified atom stereocenters. The van der Waals surface area contributed by atoms with Crippen molar-refractivity contribution in [1.82, 2.24) is 9.97 Å². The average molecular weight is 523 g/mol. The minimum Gasteiger partial charge on any atom is -0.228 e. The van der Waals surface area contributed by atoms with Crippen molar-refractivity contribution in [2.75, 3.05) is 0 Å². The van der Waals surface area contributed by atoms with Crippen LogP contribution in [0.5, 0.6) is 0 Å².